The van der Waals surface area contributed by atoms with Crippen LogP contribution in [0, 0.1) is 5.92 Å². The number of hydrogen-bond acceptors (Lipinski definition) is 2. The van der Waals surface area contributed by atoms with Gasteiger partial charge in [-0.15, -0.1) is 0 Å². The van der Waals surface area contributed by atoms with E-state index in [4.69, 9.17) is 5.73 Å². The quantitative estimate of drug-likeness (QED) is 0.643. The Labute approximate surface area is 75.9 Å². The Hall–Kier alpha value is -1.77. The molecule has 1 aromatic heterocycles. The molecule has 0 saturated heterocycles. The maximum atomic E-state index is 5.76. The van der Waals surface area contributed by atoms with Gasteiger partial charge in [0.25, 0.3) is 0 Å². The molecule has 0 fully saturated rings. The molecule has 2 N–H and O–H groups in total. The van der Waals surface area contributed by atoms with Gasteiger partial charge in [0, 0.05) is 5.92 Å². The predicted molar refractivity (Wildman–Crippen MR) is 52.6 cm³/mol. The maximum Gasteiger partial charge on any atom is 0.0892 e. The van der Waals surface area contributed by atoms with Crippen molar-refractivity contribution in [2.24, 2.45) is 5.92 Å². The summed E-state index contributed by atoms with van der Waals surface area (Å²) >= 11 is 0. The third-order valence-electron chi connectivity index (χ3n) is 2.47. The Morgan fingerprint density at radius 2 is 2.31 bits per heavy atom. The molecule has 0 aromatic carbocycles. The monoisotopic (exact) mass is 171 g/mol. The average Bonchev–Trinajstić information content (AvgIpc) is 2.70. The molecule has 2 aliphatic rings. The smallest absolute Gasteiger partial charge is 0.0892 e. The highest BCUT2D eigenvalue weighted by Gasteiger charge is 2.21. The number of nitrogen functional groups attached to an aromatic ring is 1. The summed E-state index contributed by atoms with van der Waals surface area (Å²) in [6.45, 7) is 0. The first-order chi connectivity index (χ1) is 6.36. The van der Waals surface area contributed by atoms with E-state index in [1.165, 1.54) is 5.70 Å². The molecule has 0 saturated carbocycles. The lowest BCUT2D eigenvalue weighted by molar-refractivity contribution is 0.820. The zero-order valence-electron chi connectivity index (χ0n) is 7.01. The van der Waals surface area contributed by atoms with E-state index in [2.05, 4.69) is 29.4 Å². The molecule has 0 amide bonds. The minimum absolute atomic E-state index is 0.381. The number of aromatic nitrogens is 2. The standard InChI is InChI=1S/C10H9N3/c11-8-6-12-13-9-3-1-2-7(9)4-5-10(8)13/h1-7H,11H2. The normalized spacial score (nSPS) is 22.8. The van der Waals surface area contributed by atoms with E-state index >= 15 is 0 Å². The van der Waals surface area contributed by atoms with Crippen molar-refractivity contribution in [2.75, 3.05) is 5.73 Å². The van der Waals surface area contributed by atoms with Crippen LogP contribution in [0.2, 0.25) is 0 Å². The van der Waals surface area contributed by atoms with Crippen LogP contribution in [0.15, 0.2) is 30.5 Å². The first kappa shape index (κ1) is 6.71. The molecule has 0 bridgehead atoms. The summed E-state index contributed by atoms with van der Waals surface area (Å²) in [5.41, 5.74) is 8.68. The molecule has 1 unspecified atom stereocenters. The molecular formula is C10H9N3. The fourth-order valence-electron chi connectivity index (χ4n) is 1.80. The van der Waals surface area contributed by atoms with Crippen LogP contribution >= 0.6 is 0 Å². The lowest BCUT2D eigenvalue weighted by Gasteiger charge is -2.16. The van der Waals surface area contributed by atoms with Gasteiger partial charge in [0.1, 0.15) is 0 Å². The van der Waals surface area contributed by atoms with E-state index in [1.807, 2.05) is 10.8 Å². The lowest BCUT2D eigenvalue weighted by Crippen LogP contribution is -2.10. The van der Waals surface area contributed by atoms with Crippen molar-refractivity contribution in [3.8, 4) is 0 Å². The minimum Gasteiger partial charge on any atom is -0.396 e. The van der Waals surface area contributed by atoms with Crippen molar-refractivity contribution in [1.82, 2.24) is 9.78 Å². The second kappa shape index (κ2) is 2.13. The zero-order chi connectivity index (χ0) is 8.84. The number of nitrogens with zero attached hydrogens (tertiary/aromatic N) is 2. The number of fused-ring (bicyclic) bond motifs is 3. The maximum absolute atomic E-state index is 5.76. The highest BCUT2D eigenvalue weighted by molar-refractivity contribution is 5.74. The molecule has 0 spiro atoms. The summed E-state index contributed by atoms with van der Waals surface area (Å²) in [5, 5.41) is 4.23. The molecule has 3 nitrogen and oxygen atoms in total. The predicted octanol–water partition coefficient (Wildman–Crippen LogP) is 1.52. The Kier molecular flexibility index (Phi) is 1.10. The van der Waals surface area contributed by atoms with Gasteiger partial charge in [-0.2, -0.15) is 5.10 Å². The van der Waals surface area contributed by atoms with E-state index in [0.717, 1.165) is 11.4 Å². The SMILES string of the molecule is Nc1cnn2c1C=CC1C=CC=C12. The van der Waals surface area contributed by atoms with Gasteiger partial charge in [-0.1, -0.05) is 18.2 Å². The van der Waals surface area contributed by atoms with Crippen LogP contribution in [0.4, 0.5) is 5.69 Å². The van der Waals surface area contributed by atoms with Crippen LogP contribution in [-0.2, 0) is 0 Å². The third kappa shape index (κ3) is 0.758. The van der Waals surface area contributed by atoms with Gasteiger partial charge in [0.2, 0.25) is 0 Å². The Morgan fingerprint density at radius 3 is 3.23 bits per heavy atom. The molecule has 1 aliphatic carbocycles. The first-order valence-electron chi connectivity index (χ1n) is 4.27. The summed E-state index contributed by atoms with van der Waals surface area (Å²) in [4.78, 5) is 0. The van der Waals surface area contributed by atoms with Gasteiger partial charge >= 0.3 is 0 Å². The molecule has 3 heteroatoms. The van der Waals surface area contributed by atoms with Gasteiger partial charge in [0.15, 0.2) is 0 Å². The van der Waals surface area contributed by atoms with Gasteiger partial charge in [-0.05, 0) is 12.2 Å². The van der Waals surface area contributed by atoms with Crippen LogP contribution in [0.5, 0.6) is 0 Å². The van der Waals surface area contributed by atoms with E-state index in [0.29, 0.717) is 5.92 Å². The van der Waals surface area contributed by atoms with Crippen LogP contribution in [-0.4, -0.2) is 9.78 Å². The molecular weight excluding hydrogens is 162 g/mol. The first-order valence-corrected chi connectivity index (χ1v) is 4.27. The summed E-state index contributed by atoms with van der Waals surface area (Å²) in [6, 6.07) is 0. The summed E-state index contributed by atoms with van der Waals surface area (Å²) in [7, 11) is 0. The van der Waals surface area contributed by atoms with E-state index < -0.39 is 0 Å². The summed E-state index contributed by atoms with van der Waals surface area (Å²) < 4.78 is 1.90. The second-order valence-corrected chi connectivity index (χ2v) is 3.26. The van der Waals surface area contributed by atoms with Gasteiger partial charge in [0.05, 0.1) is 23.3 Å². The Balaban J connectivity index is 2.26. The number of hydrogen-bond donors (Lipinski definition) is 1. The fraction of sp³-hybridized carbons (Fsp3) is 0.100. The molecule has 13 heavy (non-hydrogen) atoms. The zero-order valence-corrected chi connectivity index (χ0v) is 7.01. The van der Waals surface area contributed by atoms with Crippen LogP contribution in [0.1, 0.15) is 5.69 Å². The average molecular weight is 171 g/mol. The topological polar surface area (TPSA) is 43.8 Å². The molecule has 2 heterocycles. The lowest BCUT2D eigenvalue weighted by atomic mass is 10.0. The van der Waals surface area contributed by atoms with Crippen molar-refractivity contribution >= 4 is 17.5 Å². The second-order valence-electron chi connectivity index (χ2n) is 3.26. The van der Waals surface area contributed by atoms with E-state index in [-0.39, 0.29) is 0 Å². The molecule has 1 aliphatic heterocycles. The summed E-state index contributed by atoms with van der Waals surface area (Å²) in [5.74, 6) is 0.381. The van der Waals surface area contributed by atoms with E-state index in [1.54, 1.807) is 6.20 Å². The van der Waals surface area contributed by atoms with E-state index in [9.17, 15) is 0 Å². The highest BCUT2D eigenvalue weighted by Crippen LogP contribution is 2.32. The van der Waals surface area contributed by atoms with Crippen LogP contribution < -0.4 is 5.73 Å². The third-order valence-corrected chi connectivity index (χ3v) is 2.47. The number of nitrogens with two attached hydrogens (primary N) is 1. The number of rotatable bonds is 0. The van der Waals surface area contributed by atoms with Crippen LogP contribution in [0.3, 0.4) is 0 Å². The van der Waals surface area contributed by atoms with Gasteiger partial charge in [-0.25, -0.2) is 4.68 Å². The van der Waals surface area contributed by atoms with Crippen molar-refractivity contribution in [3.63, 3.8) is 0 Å². The highest BCUT2D eigenvalue weighted by atomic mass is 15.3. The van der Waals surface area contributed by atoms with Crippen LogP contribution in [0.25, 0.3) is 11.8 Å². The largest absolute Gasteiger partial charge is 0.396 e. The van der Waals surface area contributed by atoms with Crippen molar-refractivity contribution in [1.29, 1.82) is 0 Å². The van der Waals surface area contributed by atoms with Crippen molar-refractivity contribution in [2.45, 2.75) is 0 Å². The van der Waals surface area contributed by atoms with Gasteiger partial charge in [-0.3, -0.25) is 0 Å². The molecule has 1 atom stereocenters. The molecule has 1 aromatic rings. The minimum atomic E-state index is 0.381. The molecule has 0 radical (unpaired) electrons. The van der Waals surface area contributed by atoms with Crippen molar-refractivity contribution in [3.05, 3.63) is 36.2 Å². The van der Waals surface area contributed by atoms with Crippen molar-refractivity contribution < 1.29 is 0 Å². The number of anilines is 1. The Morgan fingerprint density at radius 1 is 1.38 bits per heavy atom. The Bertz CT molecular complexity index is 449. The molecule has 64 valence electrons. The van der Waals surface area contributed by atoms with Gasteiger partial charge < -0.3 is 5.73 Å². The molecule has 3 rings (SSSR count). The fourth-order valence-corrected chi connectivity index (χ4v) is 1.80. The number of allylic oxidation sites excluding steroid dienone is 5. The summed E-state index contributed by atoms with van der Waals surface area (Å²) in [6.07, 6.45) is 12.1.